The van der Waals surface area contributed by atoms with Gasteiger partial charge < -0.3 is 14.6 Å². The minimum Gasteiger partial charge on any atom is -0.392 e. The second-order valence-corrected chi connectivity index (χ2v) is 15.9. The molecular weight excluding hydrogens is 695 g/mol. The van der Waals surface area contributed by atoms with Gasteiger partial charge in [0.2, 0.25) is 10.0 Å². The molecule has 2 N–H and O–H groups in total. The van der Waals surface area contributed by atoms with Crippen molar-refractivity contribution >= 4 is 42.5 Å². The van der Waals surface area contributed by atoms with E-state index in [0.29, 0.717) is 12.1 Å². The third kappa shape index (κ3) is 7.39. The van der Waals surface area contributed by atoms with Gasteiger partial charge in [0.05, 0.1) is 24.3 Å². The number of aromatic nitrogens is 1. The number of ether oxygens (including phenoxy) is 2. The van der Waals surface area contributed by atoms with Gasteiger partial charge in [-0.1, -0.05) is 122 Å². The molecule has 0 aliphatic carbocycles. The number of rotatable bonds is 11. The Morgan fingerprint density at radius 3 is 2.07 bits per heavy atom. The lowest BCUT2D eigenvalue weighted by Crippen LogP contribution is -2.43. The van der Waals surface area contributed by atoms with Crippen molar-refractivity contribution in [1.82, 2.24) is 14.6 Å². The molecule has 54 heavy (non-hydrogen) atoms. The van der Waals surface area contributed by atoms with Crippen LogP contribution in [0.4, 0.5) is 0 Å². The van der Waals surface area contributed by atoms with Crippen LogP contribution in [0, 0.1) is 5.92 Å². The van der Waals surface area contributed by atoms with Crippen molar-refractivity contribution < 1.29 is 23.0 Å². The van der Waals surface area contributed by atoms with Gasteiger partial charge in [0.25, 0.3) is 0 Å². The topological polar surface area (TPSA) is 101 Å². The third-order valence-corrected chi connectivity index (χ3v) is 12.0. The van der Waals surface area contributed by atoms with Gasteiger partial charge in [0.1, 0.15) is 4.90 Å². The Morgan fingerprint density at radius 2 is 1.37 bits per heavy atom. The summed E-state index contributed by atoms with van der Waals surface area (Å²) in [6.07, 6.45) is 0.528. The third-order valence-electron chi connectivity index (χ3n) is 10.5. The van der Waals surface area contributed by atoms with Crippen LogP contribution in [0.1, 0.15) is 47.1 Å². The van der Waals surface area contributed by atoms with Crippen molar-refractivity contribution in [2.45, 2.75) is 50.0 Å². The Balaban J connectivity index is 1.03. The number of sulfonamides is 1. The van der Waals surface area contributed by atoms with E-state index in [1.54, 1.807) is 24.4 Å². The molecule has 0 spiro atoms. The lowest BCUT2D eigenvalue weighted by Gasteiger charge is -2.42. The lowest BCUT2D eigenvalue weighted by molar-refractivity contribution is -0.276. The molecule has 4 unspecified atom stereocenters. The number of fused-ring (bicyclic) bond motifs is 3. The molecule has 1 aliphatic heterocycles. The Kier molecular flexibility index (Phi) is 10.3. The molecule has 0 radical (unpaired) electrons. The lowest BCUT2D eigenvalue weighted by atomic mass is 9.89. The van der Waals surface area contributed by atoms with Crippen LogP contribution < -0.4 is 4.72 Å². The fourth-order valence-electron chi connectivity index (χ4n) is 7.59. The van der Waals surface area contributed by atoms with Gasteiger partial charge in [0.15, 0.2) is 6.29 Å². The van der Waals surface area contributed by atoms with E-state index < -0.39 is 16.3 Å². The van der Waals surface area contributed by atoms with E-state index >= 15 is 0 Å². The first kappa shape index (κ1) is 36.0. The largest absolute Gasteiger partial charge is 0.392 e. The minimum atomic E-state index is -3.81. The van der Waals surface area contributed by atoms with Crippen molar-refractivity contribution in [1.29, 1.82) is 0 Å². The molecule has 2 heterocycles. The summed E-state index contributed by atoms with van der Waals surface area (Å²) >= 11 is 0. The van der Waals surface area contributed by atoms with Crippen LogP contribution in [0.25, 0.3) is 32.4 Å². The second kappa shape index (κ2) is 15.4. The van der Waals surface area contributed by atoms with Crippen LogP contribution in [0.15, 0.2) is 145 Å². The van der Waals surface area contributed by atoms with E-state index in [4.69, 9.17) is 9.47 Å². The molecule has 0 saturated carbocycles. The summed E-state index contributed by atoms with van der Waals surface area (Å²) in [5.74, 6) is 0.0187. The van der Waals surface area contributed by atoms with Gasteiger partial charge in [-0.3, -0.25) is 9.88 Å². The molecule has 8 rings (SSSR count). The zero-order valence-electron chi connectivity index (χ0n) is 30.3. The smallest absolute Gasteiger partial charge is 0.243 e. The molecule has 0 bridgehead atoms. The Bertz CT molecular complexity index is 2470. The summed E-state index contributed by atoms with van der Waals surface area (Å²) in [4.78, 5) is 6.80. The summed E-state index contributed by atoms with van der Waals surface area (Å²) in [5.41, 5.74) is 5.24. The van der Waals surface area contributed by atoms with Crippen molar-refractivity contribution in [3.8, 4) is 0 Å². The van der Waals surface area contributed by atoms with E-state index in [9.17, 15) is 13.5 Å². The predicted octanol–water partition coefficient (Wildman–Crippen LogP) is 8.44. The van der Waals surface area contributed by atoms with Gasteiger partial charge in [-0.15, -0.1) is 0 Å². The number of pyridine rings is 1. The van der Waals surface area contributed by atoms with Gasteiger partial charge in [-0.25, -0.2) is 13.1 Å². The first-order valence-electron chi connectivity index (χ1n) is 18.3. The summed E-state index contributed by atoms with van der Waals surface area (Å²) in [6, 6.07) is 43.8. The maximum atomic E-state index is 13.3. The van der Waals surface area contributed by atoms with Crippen LogP contribution in [-0.2, 0) is 39.2 Å². The fraction of sp³-hybridized carbons (Fsp3) is 0.222. The standard InChI is InChI=1S/C45H43N3O5S/c1-30-41(28-48(2)27-40-38-13-5-3-9-36(38)25-37-10-4-6-14-39(37)40)52-45(53-44(30)34-20-18-32(29-49)19-21-34)35-22-16-31(17-23-35)26-47-54(50,51)42-15-7-11-33-12-8-24-46-43(33)42/h3-25,30,41,44-45,47,49H,26-29H2,1-2H3. The summed E-state index contributed by atoms with van der Waals surface area (Å²) in [6.45, 7) is 3.69. The molecule has 0 amide bonds. The average Bonchev–Trinajstić information content (AvgIpc) is 3.21. The second-order valence-electron chi connectivity index (χ2n) is 14.2. The molecule has 1 saturated heterocycles. The highest BCUT2D eigenvalue weighted by atomic mass is 32.2. The first-order chi connectivity index (χ1) is 26.3. The highest BCUT2D eigenvalue weighted by molar-refractivity contribution is 7.89. The summed E-state index contributed by atoms with van der Waals surface area (Å²) < 4.78 is 42.9. The summed E-state index contributed by atoms with van der Waals surface area (Å²) in [7, 11) is -1.67. The predicted molar refractivity (Wildman–Crippen MR) is 213 cm³/mol. The zero-order valence-corrected chi connectivity index (χ0v) is 31.1. The quantitative estimate of drug-likeness (QED) is 0.129. The Hall–Kier alpha value is -5.00. The number of hydrogen-bond acceptors (Lipinski definition) is 7. The molecule has 1 fully saturated rings. The fourth-order valence-corrected chi connectivity index (χ4v) is 8.78. The van der Waals surface area contributed by atoms with Crippen LogP contribution in [0.2, 0.25) is 0 Å². The molecule has 9 heteroatoms. The highest BCUT2D eigenvalue weighted by Gasteiger charge is 2.39. The maximum absolute atomic E-state index is 13.3. The number of benzene rings is 6. The Morgan fingerprint density at radius 1 is 0.741 bits per heavy atom. The van der Waals surface area contributed by atoms with E-state index in [1.165, 1.54) is 27.1 Å². The minimum absolute atomic E-state index is 0.0187. The van der Waals surface area contributed by atoms with Gasteiger partial charge in [-0.05, 0) is 69.0 Å². The highest BCUT2D eigenvalue weighted by Crippen LogP contribution is 2.42. The van der Waals surface area contributed by atoms with Gasteiger partial charge in [0, 0.05) is 42.7 Å². The molecule has 1 aliphatic rings. The van der Waals surface area contributed by atoms with Crippen molar-refractivity contribution in [2.24, 2.45) is 5.92 Å². The average molecular weight is 738 g/mol. The summed E-state index contributed by atoms with van der Waals surface area (Å²) in [5, 5.41) is 15.4. The number of aliphatic hydroxyl groups excluding tert-OH is 1. The van der Waals surface area contributed by atoms with Crippen LogP contribution in [0.3, 0.4) is 0 Å². The SMILES string of the molecule is CC1C(CN(C)Cc2c3ccccc3cc3ccccc23)OC(c2ccc(CNS(=O)(=O)c3cccc4cccnc34)cc2)OC1c1ccc(CO)cc1. The zero-order chi connectivity index (χ0) is 37.2. The normalized spacial score (nSPS) is 19.2. The molecule has 274 valence electrons. The number of nitrogens with zero attached hydrogens (tertiary/aromatic N) is 2. The van der Waals surface area contributed by atoms with Gasteiger partial charge >= 0.3 is 0 Å². The first-order valence-corrected chi connectivity index (χ1v) is 19.8. The molecular formula is C45H43N3O5S. The van der Waals surface area contributed by atoms with E-state index in [2.05, 4.69) is 83.2 Å². The van der Waals surface area contributed by atoms with Crippen molar-refractivity contribution in [3.05, 3.63) is 167 Å². The van der Waals surface area contributed by atoms with E-state index in [1.807, 2.05) is 60.7 Å². The van der Waals surface area contributed by atoms with E-state index in [-0.39, 0.29) is 36.2 Å². The van der Waals surface area contributed by atoms with Crippen molar-refractivity contribution in [2.75, 3.05) is 13.6 Å². The number of likely N-dealkylation sites (N-methyl/N-ethyl adjacent to an activating group) is 1. The van der Waals surface area contributed by atoms with Crippen LogP contribution in [0.5, 0.6) is 0 Å². The van der Waals surface area contributed by atoms with Crippen molar-refractivity contribution in [3.63, 3.8) is 0 Å². The molecule has 4 atom stereocenters. The van der Waals surface area contributed by atoms with Gasteiger partial charge in [-0.2, -0.15) is 0 Å². The van der Waals surface area contributed by atoms with Crippen LogP contribution in [-0.4, -0.2) is 43.1 Å². The molecule has 1 aromatic heterocycles. The monoisotopic (exact) mass is 737 g/mol. The number of nitrogens with one attached hydrogen (secondary N) is 1. The number of para-hydroxylation sites is 1. The maximum Gasteiger partial charge on any atom is 0.243 e. The van der Waals surface area contributed by atoms with E-state index in [0.717, 1.165) is 34.2 Å². The molecule has 6 aromatic carbocycles. The molecule has 7 aromatic rings. The molecule has 8 nitrogen and oxygen atoms in total. The number of hydrogen-bond donors (Lipinski definition) is 2. The Labute approximate surface area is 316 Å². The number of aliphatic hydroxyl groups is 1. The van der Waals surface area contributed by atoms with Crippen LogP contribution >= 0.6 is 0 Å².